The molecular formula is C18H19N5O3S2. The third-order valence-corrected chi connectivity index (χ3v) is 5.85. The van der Waals surface area contributed by atoms with E-state index < -0.39 is 11.9 Å². The van der Waals surface area contributed by atoms with Gasteiger partial charge in [-0.25, -0.2) is 4.79 Å². The Morgan fingerprint density at radius 1 is 1.18 bits per heavy atom. The predicted octanol–water partition coefficient (Wildman–Crippen LogP) is 3.80. The van der Waals surface area contributed by atoms with Gasteiger partial charge in [-0.15, -0.1) is 10.2 Å². The molecule has 3 N–H and O–H groups in total. The number of rotatable bonds is 7. The fourth-order valence-corrected chi connectivity index (χ4v) is 3.79. The Labute approximate surface area is 170 Å². The minimum atomic E-state index is -0.558. The smallest absolute Gasteiger partial charge is 0.325 e. The zero-order valence-electron chi connectivity index (χ0n) is 15.3. The summed E-state index contributed by atoms with van der Waals surface area (Å²) in [5.74, 6) is 0.444. The number of thioether (sulfide) groups is 1. The summed E-state index contributed by atoms with van der Waals surface area (Å²) in [7, 11) is 0. The van der Waals surface area contributed by atoms with Gasteiger partial charge in [0.05, 0.1) is 18.6 Å². The molecule has 0 aliphatic carbocycles. The van der Waals surface area contributed by atoms with Crippen LogP contribution in [0.4, 0.5) is 15.6 Å². The van der Waals surface area contributed by atoms with E-state index in [1.807, 2.05) is 38.1 Å². The van der Waals surface area contributed by atoms with Crippen molar-refractivity contribution in [2.24, 2.45) is 0 Å². The molecule has 28 heavy (non-hydrogen) atoms. The molecule has 0 saturated carbocycles. The van der Waals surface area contributed by atoms with Crippen LogP contribution in [0.1, 0.15) is 16.9 Å². The minimum absolute atomic E-state index is 0.0625. The van der Waals surface area contributed by atoms with Gasteiger partial charge in [0.2, 0.25) is 11.0 Å². The number of carbonyl (C=O) groups is 2. The van der Waals surface area contributed by atoms with Crippen molar-refractivity contribution in [2.45, 2.75) is 24.7 Å². The topological polar surface area (TPSA) is 109 Å². The second kappa shape index (κ2) is 9.38. The molecule has 0 fully saturated rings. The van der Waals surface area contributed by atoms with Crippen LogP contribution >= 0.6 is 23.1 Å². The first-order valence-electron chi connectivity index (χ1n) is 8.41. The highest BCUT2D eigenvalue weighted by Crippen LogP contribution is 2.25. The van der Waals surface area contributed by atoms with Gasteiger partial charge in [0.1, 0.15) is 5.76 Å². The van der Waals surface area contributed by atoms with E-state index in [0.717, 1.165) is 16.9 Å². The summed E-state index contributed by atoms with van der Waals surface area (Å²) in [6, 6.07) is 8.71. The van der Waals surface area contributed by atoms with Crippen LogP contribution in [0.15, 0.2) is 45.4 Å². The van der Waals surface area contributed by atoms with Gasteiger partial charge in [0.25, 0.3) is 0 Å². The number of nitrogens with one attached hydrogen (secondary N) is 3. The molecule has 3 aromatic rings. The van der Waals surface area contributed by atoms with Crippen LogP contribution in [-0.4, -0.2) is 27.9 Å². The van der Waals surface area contributed by atoms with Gasteiger partial charge < -0.3 is 15.1 Å². The lowest BCUT2D eigenvalue weighted by Gasteiger charge is -2.10. The fraction of sp³-hybridized carbons (Fsp3) is 0.222. The van der Waals surface area contributed by atoms with Gasteiger partial charge in [-0.3, -0.25) is 10.1 Å². The van der Waals surface area contributed by atoms with E-state index in [1.165, 1.54) is 23.1 Å². The molecule has 10 heteroatoms. The van der Waals surface area contributed by atoms with Gasteiger partial charge >= 0.3 is 6.03 Å². The van der Waals surface area contributed by atoms with Gasteiger partial charge in [-0.05, 0) is 43.2 Å². The first kappa shape index (κ1) is 19.9. The zero-order chi connectivity index (χ0) is 19.9. The maximum absolute atomic E-state index is 12.0. The molecule has 0 spiro atoms. The van der Waals surface area contributed by atoms with Gasteiger partial charge in [0, 0.05) is 5.69 Å². The Bertz CT molecular complexity index is 956. The van der Waals surface area contributed by atoms with Crippen LogP contribution in [-0.2, 0) is 11.3 Å². The Morgan fingerprint density at radius 3 is 2.82 bits per heavy atom. The number of furan rings is 1. The highest BCUT2D eigenvalue weighted by molar-refractivity contribution is 8.01. The molecule has 0 radical (unpaired) electrons. The highest BCUT2D eigenvalue weighted by atomic mass is 32.2. The first-order chi connectivity index (χ1) is 13.5. The number of carbonyl (C=O) groups excluding carboxylic acids is 2. The molecule has 0 bridgehead atoms. The van der Waals surface area contributed by atoms with Crippen LogP contribution in [0.2, 0.25) is 0 Å². The van der Waals surface area contributed by atoms with Gasteiger partial charge in [0.15, 0.2) is 4.34 Å². The first-order valence-corrected chi connectivity index (χ1v) is 10.2. The number of urea groups is 1. The van der Waals surface area contributed by atoms with Gasteiger partial charge in [-0.1, -0.05) is 35.2 Å². The Hall–Kier alpha value is -2.85. The third-order valence-electron chi connectivity index (χ3n) is 3.83. The van der Waals surface area contributed by atoms with E-state index in [-0.39, 0.29) is 5.75 Å². The van der Waals surface area contributed by atoms with E-state index in [2.05, 4.69) is 26.1 Å². The van der Waals surface area contributed by atoms with Crippen molar-refractivity contribution in [3.63, 3.8) is 0 Å². The van der Waals surface area contributed by atoms with Crippen LogP contribution < -0.4 is 16.0 Å². The van der Waals surface area contributed by atoms with Crippen molar-refractivity contribution >= 4 is 45.9 Å². The number of aryl methyl sites for hydroxylation is 1. The highest BCUT2D eigenvalue weighted by Gasteiger charge is 2.12. The van der Waals surface area contributed by atoms with E-state index in [1.54, 1.807) is 12.3 Å². The Morgan fingerprint density at radius 2 is 2.04 bits per heavy atom. The second-order valence-electron chi connectivity index (χ2n) is 5.84. The largest absolute Gasteiger partial charge is 0.467 e. The summed E-state index contributed by atoms with van der Waals surface area (Å²) in [5, 5.41) is 16.8. The number of hydrogen-bond acceptors (Lipinski definition) is 8. The molecule has 8 nitrogen and oxygen atoms in total. The molecular weight excluding hydrogens is 398 g/mol. The summed E-state index contributed by atoms with van der Waals surface area (Å²) in [5.41, 5.74) is 2.70. The summed E-state index contributed by atoms with van der Waals surface area (Å²) in [4.78, 5) is 24.0. The van der Waals surface area contributed by atoms with Crippen LogP contribution in [0.25, 0.3) is 0 Å². The molecule has 3 rings (SSSR count). The van der Waals surface area contributed by atoms with Crippen LogP contribution in [0.5, 0.6) is 0 Å². The normalized spacial score (nSPS) is 10.5. The molecule has 0 aliphatic rings. The van der Waals surface area contributed by atoms with Gasteiger partial charge in [-0.2, -0.15) is 0 Å². The average Bonchev–Trinajstić information content (AvgIpc) is 3.33. The van der Waals surface area contributed by atoms with Crippen molar-refractivity contribution in [2.75, 3.05) is 16.4 Å². The summed E-state index contributed by atoms with van der Waals surface area (Å²) in [6.07, 6.45) is 1.60. The van der Waals surface area contributed by atoms with Crippen LogP contribution in [0.3, 0.4) is 0 Å². The monoisotopic (exact) mass is 417 g/mol. The molecule has 3 amide bonds. The van der Waals surface area contributed by atoms with Crippen molar-refractivity contribution in [3.05, 3.63) is 53.5 Å². The second-order valence-corrected chi connectivity index (χ2v) is 8.04. The molecule has 2 heterocycles. The predicted molar refractivity (Wildman–Crippen MR) is 110 cm³/mol. The van der Waals surface area contributed by atoms with Crippen LogP contribution in [0, 0.1) is 13.8 Å². The van der Waals surface area contributed by atoms with Crippen molar-refractivity contribution in [1.82, 2.24) is 15.5 Å². The third kappa shape index (κ3) is 5.57. The Balaban J connectivity index is 1.42. The molecule has 0 atom stereocenters. The molecule has 146 valence electrons. The van der Waals surface area contributed by atoms with Crippen molar-refractivity contribution < 1.29 is 14.0 Å². The SMILES string of the molecule is Cc1cccc(NC(=O)NC(=O)CSc2nnc(NCc3ccco3)s2)c1C. The number of anilines is 2. The summed E-state index contributed by atoms with van der Waals surface area (Å²) in [6.45, 7) is 4.38. The van der Waals surface area contributed by atoms with E-state index in [0.29, 0.717) is 21.7 Å². The van der Waals surface area contributed by atoms with E-state index >= 15 is 0 Å². The lowest BCUT2D eigenvalue weighted by atomic mass is 10.1. The van der Waals surface area contributed by atoms with Crippen molar-refractivity contribution in [1.29, 1.82) is 0 Å². The van der Waals surface area contributed by atoms with E-state index in [4.69, 9.17) is 4.42 Å². The fourth-order valence-electron chi connectivity index (χ4n) is 2.25. The number of nitrogens with zero attached hydrogens (tertiary/aromatic N) is 2. The number of amides is 3. The molecule has 2 aromatic heterocycles. The Kier molecular flexibility index (Phi) is 6.66. The molecule has 0 unspecified atom stereocenters. The maximum atomic E-state index is 12.0. The average molecular weight is 418 g/mol. The van der Waals surface area contributed by atoms with E-state index in [9.17, 15) is 9.59 Å². The minimum Gasteiger partial charge on any atom is -0.467 e. The zero-order valence-corrected chi connectivity index (χ0v) is 16.9. The standard InChI is InChI=1S/C18H19N5O3S2/c1-11-5-3-7-14(12(11)2)20-16(25)21-15(24)10-27-18-23-22-17(28-18)19-9-13-6-4-8-26-13/h3-8H,9-10H2,1-2H3,(H,19,22)(H2,20,21,24,25). The summed E-state index contributed by atoms with van der Waals surface area (Å²) >= 11 is 2.55. The number of benzene rings is 1. The number of hydrogen-bond donors (Lipinski definition) is 3. The maximum Gasteiger partial charge on any atom is 0.325 e. The lowest BCUT2D eigenvalue weighted by molar-refractivity contribution is -0.117. The molecule has 0 aliphatic heterocycles. The molecule has 0 saturated heterocycles. The molecule has 1 aromatic carbocycles. The number of aromatic nitrogens is 2. The summed E-state index contributed by atoms with van der Waals surface area (Å²) < 4.78 is 5.86. The quantitative estimate of drug-likeness (QED) is 0.502. The van der Waals surface area contributed by atoms with Crippen molar-refractivity contribution in [3.8, 4) is 0 Å². The lowest BCUT2D eigenvalue weighted by Crippen LogP contribution is -2.35. The number of imide groups is 1.